The molecular weight excluding hydrogens is 342 g/mol. The van der Waals surface area contributed by atoms with Gasteiger partial charge in [0.15, 0.2) is 0 Å². The Morgan fingerprint density at radius 3 is 2.68 bits per heavy atom. The second-order valence-corrected chi connectivity index (χ2v) is 8.19. The van der Waals surface area contributed by atoms with E-state index in [0.29, 0.717) is 25.3 Å². The first kappa shape index (κ1) is 19.4. The molecule has 25 heavy (non-hydrogen) atoms. The normalized spacial score (nSPS) is 17.4. The Balaban J connectivity index is 2.06. The molecule has 1 aromatic carbocycles. The maximum absolute atomic E-state index is 12.1. The van der Waals surface area contributed by atoms with E-state index in [9.17, 15) is 14.7 Å². The molecule has 0 bridgehead atoms. The smallest absolute Gasteiger partial charge is 0.410 e. The van der Waals surface area contributed by atoms with Crippen LogP contribution in [-0.4, -0.2) is 52.6 Å². The summed E-state index contributed by atoms with van der Waals surface area (Å²) in [5.41, 5.74) is -0.408. The number of carboxylic acids is 1. The van der Waals surface area contributed by atoms with Gasteiger partial charge in [0.2, 0.25) is 0 Å². The number of hydrogen-bond acceptors (Lipinski definition) is 5. The predicted molar refractivity (Wildman–Crippen MR) is 96.6 cm³/mol. The number of benzene rings is 1. The standard InChI is InChI=1S/C18H25NO5S/c1-5-25-13-6-7-14(16(20)21)15(10-13)23-12-8-9-19(11-12)17(22)24-18(2,3)4/h6-7,10,12H,5,8-9,11H2,1-4H3,(H,20,21)/t12-/m0/s1. The molecule has 1 heterocycles. The van der Waals surface area contributed by atoms with Crippen molar-refractivity contribution in [1.29, 1.82) is 0 Å². The Bertz CT molecular complexity index is 641. The van der Waals surface area contributed by atoms with E-state index in [2.05, 4.69) is 0 Å². The molecule has 0 saturated carbocycles. The lowest BCUT2D eigenvalue weighted by molar-refractivity contribution is 0.0274. The summed E-state index contributed by atoms with van der Waals surface area (Å²) in [4.78, 5) is 26.1. The van der Waals surface area contributed by atoms with E-state index in [-0.39, 0.29) is 17.8 Å². The van der Waals surface area contributed by atoms with E-state index in [1.54, 1.807) is 34.9 Å². The van der Waals surface area contributed by atoms with Gasteiger partial charge in [0.05, 0.1) is 6.54 Å². The minimum atomic E-state index is -1.02. The highest BCUT2D eigenvalue weighted by Gasteiger charge is 2.31. The highest BCUT2D eigenvalue weighted by molar-refractivity contribution is 7.99. The van der Waals surface area contributed by atoms with Crippen LogP contribution >= 0.6 is 11.8 Å². The summed E-state index contributed by atoms with van der Waals surface area (Å²) in [6.07, 6.45) is 0.0311. The van der Waals surface area contributed by atoms with Gasteiger partial charge in [0, 0.05) is 17.9 Å². The molecule has 0 radical (unpaired) electrons. The van der Waals surface area contributed by atoms with Crippen molar-refractivity contribution in [1.82, 2.24) is 4.90 Å². The van der Waals surface area contributed by atoms with Crippen LogP contribution in [0.3, 0.4) is 0 Å². The van der Waals surface area contributed by atoms with Gasteiger partial charge in [-0.1, -0.05) is 6.92 Å². The Morgan fingerprint density at radius 1 is 1.36 bits per heavy atom. The molecule has 0 spiro atoms. The number of likely N-dealkylation sites (tertiary alicyclic amines) is 1. The van der Waals surface area contributed by atoms with E-state index in [4.69, 9.17) is 9.47 Å². The van der Waals surface area contributed by atoms with E-state index >= 15 is 0 Å². The molecule has 1 atom stereocenters. The van der Waals surface area contributed by atoms with Gasteiger partial charge in [0.1, 0.15) is 23.0 Å². The summed E-state index contributed by atoms with van der Waals surface area (Å²) in [6, 6.07) is 5.11. The van der Waals surface area contributed by atoms with Crippen LogP contribution in [0.5, 0.6) is 5.75 Å². The van der Waals surface area contributed by atoms with Crippen LogP contribution in [0.2, 0.25) is 0 Å². The minimum Gasteiger partial charge on any atom is -0.488 e. The molecule has 1 saturated heterocycles. The average molecular weight is 367 g/mol. The molecule has 0 unspecified atom stereocenters. The quantitative estimate of drug-likeness (QED) is 0.796. The van der Waals surface area contributed by atoms with Gasteiger partial charge in [-0.2, -0.15) is 0 Å². The summed E-state index contributed by atoms with van der Waals surface area (Å²) >= 11 is 1.62. The van der Waals surface area contributed by atoms with E-state index < -0.39 is 11.6 Å². The van der Waals surface area contributed by atoms with Gasteiger partial charge in [-0.25, -0.2) is 9.59 Å². The highest BCUT2D eigenvalue weighted by atomic mass is 32.2. The molecular formula is C18H25NO5S. The van der Waals surface area contributed by atoms with Crippen molar-refractivity contribution in [2.75, 3.05) is 18.8 Å². The molecule has 1 aliphatic heterocycles. The number of nitrogens with zero attached hydrogens (tertiary/aromatic N) is 1. The molecule has 138 valence electrons. The number of thioether (sulfide) groups is 1. The van der Waals surface area contributed by atoms with Crippen molar-refractivity contribution >= 4 is 23.8 Å². The third-order valence-electron chi connectivity index (χ3n) is 3.58. The van der Waals surface area contributed by atoms with Crippen LogP contribution in [0.1, 0.15) is 44.5 Å². The number of carboxylic acid groups (broad SMARTS) is 1. The van der Waals surface area contributed by atoms with Crippen molar-refractivity contribution in [3.8, 4) is 5.75 Å². The minimum absolute atomic E-state index is 0.135. The number of carbonyl (C=O) groups excluding carboxylic acids is 1. The van der Waals surface area contributed by atoms with Crippen molar-refractivity contribution in [3.05, 3.63) is 23.8 Å². The zero-order valence-corrected chi connectivity index (χ0v) is 15.9. The molecule has 1 aromatic rings. The Labute approximate surface area is 152 Å². The monoisotopic (exact) mass is 367 g/mol. The number of amides is 1. The molecule has 1 aliphatic rings. The maximum atomic E-state index is 12.1. The van der Waals surface area contributed by atoms with Crippen LogP contribution < -0.4 is 4.74 Å². The van der Waals surface area contributed by atoms with Gasteiger partial charge >= 0.3 is 12.1 Å². The summed E-state index contributed by atoms with van der Waals surface area (Å²) in [7, 11) is 0. The third kappa shape index (κ3) is 5.56. The van der Waals surface area contributed by atoms with E-state index in [0.717, 1.165) is 10.6 Å². The summed E-state index contributed by atoms with van der Waals surface area (Å²) in [5.74, 6) is 0.217. The van der Waals surface area contributed by atoms with Gasteiger partial charge in [-0.15, -0.1) is 11.8 Å². The molecule has 0 aromatic heterocycles. The first-order chi connectivity index (χ1) is 11.7. The zero-order chi connectivity index (χ0) is 18.6. The highest BCUT2D eigenvalue weighted by Crippen LogP contribution is 2.29. The lowest BCUT2D eigenvalue weighted by Gasteiger charge is -2.24. The van der Waals surface area contributed by atoms with Crippen LogP contribution in [0, 0.1) is 0 Å². The van der Waals surface area contributed by atoms with Gasteiger partial charge in [-0.3, -0.25) is 0 Å². The molecule has 1 amide bonds. The van der Waals surface area contributed by atoms with Gasteiger partial charge in [-0.05, 0) is 44.7 Å². The van der Waals surface area contributed by atoms with Crippen LogP contribution in [0.15, 0.2) is 23.1 Å². The van der Waals surface area contributed by atoms with Crippen molar-refractivity contribution < 1.29 is 24.2 Å². The van der Waals surface area contributed by atoms with Gasteiger partial charge < -0.3 is 19.5 Å². The van der Waals surface area contributed by atoms with Crippen LogP contribution in [0.25, 0.3) is 0 Å². The fraction of sp³-hybridized carbons (Fsp3) is 0.556. The van der Waals surface area contributed by atoms with Crippen molar-refractivity contribution in [2.24, 2.45) is 0 Å². The first-order valence-corrected chi connectivity index (χ1v) is 9.33. The Hall–Kier alpha value is -1.89. The topological polar surface area (TPSA) is 76.1 Å². The number of ether oxygens (including phenoxy) is 2. The summed E-state index contributed by atoms with van der Waals surface area (Å²) in [6.45, 7) is 8.43. The number of rotatable bonds is 5. The van der Waals surface area contributed by atoms with E-state index in [1.807, 2.05) is 27.7 Å². The second-order valence-electron chi connectivity index (χ2n) is 6.85. The predicted octanol–water partition coefficient (Wildman–Crippen LogP) is 3.89. The Morgan fingerprint density at radius 2 is 2.08 bits per heavy atom. The molecule has 6 nitrogen and oxygen atoms in total. The lowest BCUT2D eigenvalue weighted by atomic mass is 10.2. The number of carbonyl (C=O) groups is 2. The fourth-order valence-corrected chi connectivity index (χ4v) is 3.22. The second kappa shape index (κ2) is 7.99. The number of aromatic carboxylic acids is 1. The third-order valence-corrected chi connectivity index (χ3v) is 4.46. The van der Waals surface area contributed by atoms with Crippen LogP contribution in [0.4, 0.5) is 4.79 Å². The zero-order valence-electron chi connectivity index (χ0n) is 15.1. The molecule has 0 aliphatic carbocycles. The maximum Gasteiger partial charge on any atom is 0.410 e. The Kier molecular flexibility index (Phi) is 6.21. The average Bonchev–Trinajstić information content (AvgIpc) is 2.94. The summed E-state index contributed by atoms with van der Waals surface area (Å²) in [5, 5.41) is 9.36. The molecule has 1 N–H and O–H groups in total. The lowest BCUT2D eigenvalue weighted by Crippen LogP contribution is -2.36. The largest absolute Gasteiger partial charge is 0.488 e. The van der Waals surface area contributed by atoms with Crippen molar-refractivity contribution in [2.45, 2.75) is 50.7 Å². The fourth-order valence-electron chi connectivity index (χ4n) is 2.53. The van der Waals surface area contributed by atoms with Gasteiger partial charge in [0.25, 0.3) is 0 Å². The van der Waals surface area contributed by atoms with E-state index in [1.165, 1.54) is 0 Å². The van der Waals surface area contributed by atoms with Crippen LogP contribution in [-0.2, 0) is 4.74 Å². The summed E-state index contributed by atoms with van der Waals surface area (Å²) < 4.78 is 11.3. The number of hydrogen-bond donors (Lipinski definition) is 1. The molecule has 7 heteroatoms. The first-order valence-electron chi connectivity index (χ1n) is 8.34. The molecule has 1 fully saturated rings. The SMILES string of the molecule is CCSc1ccc(C(=O)O)c(O[C@H]2CCN(C(=O)OC(C)(C)C)C2)c1. The molecule has 2 rings (SSSR count). The van der Waals surface area contributed by atoms with Crippen molar-refractivity contribution in [3.63, 3.8) is 0 Å².